The minimum absolute atomic E-state index is 0.198. The van der Waals surface area contributed by atoms with Gasteiger partial charge in [0.25, 0.3) is 0 Å². The van der Waals surface area contributed by atoms with Gasteiger partial charge in [-0.3, -0.25) is 4.98 Å². The Hall–Kier alpha value is -1.83. The molecular formula is C14H15NO. The molecule has 2 aromatic rings. The fourth-order valence-electron chi connectivity index (χ4n) is 1.61. The zero-order valence-electron chi connectivity index (χ0n) is 9.51. The largest absolute Gasteiger partial charge is 0.506 e. The fraction of sp³-hybridized carbons (Fsp3) is 0.214. The van der Waals surface area contributed by atoms with Gasteiger partial charge in [0.05, 0.1) is 11.9 Å². The van der Waals surface area contributed by atoms with Crippen LogP contribution < -0.4 is 0 Å². The molecule has 0 fully saturated rings. The summed E-state index contributed by atoms with van der Waals surface area (Å²) in [5, 5.41) is 9.18. The van der Waals surface area contributed by atoms with Crippen LogP contribution in [0.4, 0.5) is 0 Å². The predicted octanol–water partition coefficient (Wildman–Crippen LogP) is 3.58. The lowest BCUT2D eigenvalue weighted by Crippen LogP contribution is -1.89. The van der Waals surface area contributed by atoms with E-state index in [2.05, 4.69) is 31.0 Å². The van der Waals surface area contributed by atoms with Gasteiger partial charge in [0, 0.05) is 5.56 Å². The van der Waals surface area contributed by atoms with Crippen LogP contribution in [-0.2, 0) is 0 Å². The summed E-state index contributed by atoms with van der Waals surface area (Å²) in [5.74, 6) is 0.709. The molecule has 0 spiro atoms. The number of benzene rings is 1. The van der Waals surface area contributed by atoms with Gasteiger partial charge in [-0.05, 0) is 29.7 Å². The van der Waals surface area contributed by atoms with Crippen LogP contribution >= 0.6 is 0 Å². The molecule has 2 nitrogen and oxygen atoms in total. The Labute approximate surface area is 95.6 Å². The molecule has 1 heterocycles. The van der Waals surface area contributed by atoms with Crippen LogP contribution in [0.15, 0.2) is 42.6 Å². The van der Waals surface area contributed by atoms with Crippen LogP contribution in [0.25, 0.3) is 11.3 Å². The number of aromatic nitrogens is 1. The molecule has 1 aromatic heterocycles. The van der Waals surface area contributed by atoms with Crippen molar-refractivity contribution < 1.29 is 5.11 Å². The second-order valence-corrected chi connectivity index (χ2v) is 4.18. The van der Waals surface area contributed by atoms with Crippen LogP contribution in [0, 0.1) is 0 Å². The highest BCUT2D eigenvalue weighted by Crippen LogP contribution is 2.23. The number of nitrogens with zero attached hydrogens (tertiary/aromatic N) is 1. The molecule has 16 heavy (non-hydrogen) atoms. The van der Waals surface area contributed by atoms with E-state index >= 15 is 0 Å². The summed E-state index contributed by atoms with van der Waals surface area (Å²) in [6.45, 7) is 4.34. The molecule has 82 valence electrons. The first kappa shape index (κ1) is 10.7. The Morgan fingerprint density at radius 1 is 1.12 bits per heavy atom. The summed E-state index contributed by atoms with van der Waals surface area (Å²) in [6.07, 6.45) is 1.47. The number of hydrogen-bond acceptors (Lipinski definition) is 2. The van der Waals surface area contributed by atoms with Gasteiger partial charge in [-0.2, -0.15) is 0 Å². The van der Waals surface area contributed by atoms with Crippen molar-refractivity contribution in [1.82, 2.24) is 4.98 Å². The molecule has 0 aliphatic heterocycles. The fourth-order valence-corrected chi connectivity index (χ4v) is 1.61. The van der Waals surface area contributed by atoms with E-state index in [4.69, 9.17) is 0 Å². The number of aromatic hydroxyl groups is 1. The minimum Gasteiger partial charge on any atom is -0.506 e. The zero-order chi connectivity index (χ0) is 11.5. The Kier molecular flexibility index (Phi) is 2.91. The maximum absolute atomic E-state index is 9.18. The van der Waals surface area contributed by atoms with E-state index < -0.39 is 0 Å². The third-order valence-corrected chi connectivity index (χ3v) is 2.60. The van der Waals surface area contributed by atoms with Gasteiger partial charge in [0.1, 0.15) is 5.75 Å². The Morgan fingerprint density at radius 3 is 2.56 bits per heavy atom. The van der Waals surface area contributed by atoms with Gasteiger partial charge in [-0.1, -0.05) is 32.0 Å². The minimum atomic E-state index is 0.198. The van der Waals surface area contributed by atoms with Gasteiger partial charge < -0.3 is 5.11 Å². The van der Waals surface area contributed by atoms with E-state index in [0.717, 1.165) is 11.3 Å². The van der Waals surface area contributed by atoms with Crippen molar-refractivity contribution in [3.8, 4) is 17.0 Å². The summed E-state index contributed by atoms with van der Waals surface area (Å²) in [5.41, 5.74) is 3.28. The van der Waals surface area contributed by atoms with Gasteiger partial charge in [0.2, 0.25) is 0 Å². The lowest BCUT2D eigenvalue weighted by molar-refractivity contribution is 0.473. The summed E-state index contributed by atoms with van der Waals surface area (Å²) in [7, 11) is 0. The van der Waals surface area contributed by atoms with E-state index in [1.807, 2.05) is 18.2 Å². The maximum Gasteiger partial charge on any atom is 0.133 e. The first-order valence-corrected chi connectivity index (χ1v) is 5.42. The number of rotatable bonds is 2. The molecule has 0 aliphatic rings. The highest BCUT2D eigenvalue weighted by Gasteiger charge is 2.03. The van der Waals surface area contributed by atoms with Crippen molar-refractivity contribution in [2.45, 2.75) is 19.8 Å². The molecule has 0 radical (unpaired) electrons. The number of hydrogen-bond donors (Lipinski definition) is 1. The van der Waals surface area contributed by atoms with E-state index in [0.29, 0.717) is 5.92 Å². The van der Waals surface area contributed by atoms with Crippen molar-refractivity contribution in [3.63, 3.8) is 0 Å². The molecule has 1 aromatic carbocycles. The molecule has 0 saturated heterocycles. The highest BCUT2D eigenvalue weighted by atomic mass is 16.3. The van der Waals surface area contributed by atoms with Crippen molar-refractivity contribution in [2.24, 2.45) is 0 Å². The molecule has 0 unspecified atom stereocenters. The van der Waals surface area contributed by atoms with Gasteiger partial charge in [-0.25, -0.2) is 0 Å². The SMILES string of the molecule is CC(C)c1cccc(-c2ccc(O)cn2)c1. The average molecular weight is 213 g/mol. The predicted molar refractivity (Wildman–Crippen MR) is 65.4 cm³/mol. The molecule has 0 amide bonds. The zero-order valence-corrected chi connectivity index (χ0v) is 9.51. The quantitative estimate of drug-likeness (QED) is 0.827. The molecule has 2 rings (SSSR count). The third kappa shape index (κ3) is 2.22. The normalized spacial score (nSPS) is 10.7. The van der Waals surface area contributed by atoms with Gasteiger partial charge in [0.15, 0.2) is 0 Å². The second kappa shape index (κ2) is 4.35. The summed E-state index contributed by atoms with van der Waals surface area (Å²) < 4.78 is 0. The summed E-state index contributed by atoms with van der Waals surface area (Å²) in [6, 6.07) is 11.8. The van der Waals surface area contributed by atoms with Crippen molar-refractivity contribution in [2.75, 3.05) is 0 Å². The molecule has 2 heteroatoms. The Bertz CT molecular complexity index is 474. The molecule has 1 N–H and O–H groups in total. The van der Waals surface area contributed by atoms with E-state index in [9.17, 15) is 5.11 Å². The molecule has 0 atom stereocenters. The Balaban J connectivity index is 2.40. The monoisotopic (exact) mass is 213 g/mol. The average Bonchev–Trinajstić information content (AvgIpc) is 2.30. The van der Waals surface area contributed by atoms with E-state index in [1.165, 1.54) is 11.8 Å². The summed E-state index contributed by atoms with van der Waals surface area (Å²) in [4.78, 5) is 4.20. The highest BCUT2D eigenvalue weighted by molar-refractivity contribution is 5.60. The first-order chi connectivity index (χ1) is 7.66. The van der Waals surface area contributed by atoms with E-state index in [1.54, 1.807) is 6.07 Å². The van der Waals surface area contributed by atoms with Crippen LogP contribution in [0.3, 0.4) is 0 Å². The van der Waals surface area contributed by atoms with Crippen LogP contribution in [-0.4, -0.2) is 10.1 Å². The Morgan fingerprint density at radius 2 is 1.94 bits per heavy atom. The second-order valence-electron chi connectivity index (χ2n) is 4.18. The molecular weight excluding hydrogens is 198 g/mol. The van der Waals surface area contributed by atoms with Gasteiger partial charge in [-0.15, -0.1) is 0 Å². The van der Waals surface area contributed by atoms with Crippen LogP contribution in [0.1, 0.15) is 25.3 Å². The van der Waals surface area contributed by atoms with Crippen molar-refractivity contribution in [3.05, 3.63) is 48.2 Å². The molecule has 0 saturated carbocycles. The lowest BCUT2D eigenvalue weighted by atomic mass is 9.99. The van der Waals surface area contributed by atoms with Crippen molar-refractivity contribution >= 4 is 0 Å². The smallest absolute Gasteiger partial charge is 0.133 e. The molecule has 0 bridgehead atoms. The first-order valence-electron chi connectivity index (χ1n) is 5.42. The molecule has 0 aliphatic carbocycles. The summed E-state index contributed by atoms with van der Waals surface area (Å²) >= 11 is 0. The van der Waals surface area contributed by atoms with E-state index in [-0.39, 0.29) is 5.75 Å². The van der Waals surface area contributed by atoms with Crippen LogP contribution in [0.5, 0.6) is 5.75 Å². The van der Waals surface area contributed by atoms with Crippen molar-refractivity contribution in [1.29, 1.82) is 0 Å². The topological polar surface area (TPSA) is 33.1 Å². The third-order valence-electron chi connectivity index (χ3n) is 2.60. The van der Waals surface area contributed by atoms with Gasteiger partial charge >= 0.3 is 0 Å². The number of pyridine rings is 1. The maximum atomic E-state index is 9.18. The van der Waals surface area contributed by atoms with Crippen LogP contribution in [0.2, 0.25) is 0 Å². The standard InChI is InChI=1S/C14H15NO/c1-10(2)11-4-3-5-12(8-11)14-7-6-13(16)9-15-14/h3-10,16H,1-2H3. The lowest BCUT2D eigenvalue weighted by Gasteiger charge is -2.07.